The Morgan fingerprint density at radius 3 is 2.69 bits per heavy atom. The van der Waals surface area contributed by atoms with Crippen molar-refractivity contribution in [1.29, 1.82) is 0 Å². The third kappa shape index (κ3) is 8.64. The Balaban J connectivity index is 3.56. The lowest BCUT2D eigenvalue weighted by Gasteiger charge is -2.13. The van der Waals surface area contributed by atoms with E-state index in [0.717, 1.165) is 32.1 Å². The van der Waals surface area contributed by atoms with Crippen LogP contribution in [0.1, 0.15) is 45.4 Å². The minimum absolute atomic E-state index is 0.556. The summed E-state index contributed by atoms with van der Waals surface area (Å²) in [7, 11) is 0. The van der Waals surface area contributed by atoms with Crippen LogP contribution in [0, 0.1) is 0 Å². The fourth-order valence-corrected chi connectivity index (χ4v) is 1.31. The zero-order valence-corrected chi connectivity index (χ0v) is 10.1. The van der Waals surface area contributed by atoms with E-state index >= 15 is 0 Å². The molecule has 0 amide bonds. The van der Waals surface area contributed by atoms with Crippen molar-refractivity contribution in [3.05, 3.63) is 0 Å². The maximum Gasteiger partial charge on any atom is 0.323 e. The standard InChI is InChI=1S/C11H24N2O3/c1-2-3-6-9-16-13-10(11(14)15)7-4-5-8-12/h10,13H,2-9,12H2,1H3,(H,14,15)/t10-/m0/s1. The summed E-state index contributed by atoms with van der Waals surface area (Å²) in [6.45, 7) is 3.28. The van der Waals surface area contributed by atoms with E-state index in [1.54, 1.807) is 0 Å². The smallest absolute Gasteiger partial charge is 0.323 e. The van der Waals surface area contributed by atoms with Crippen LogP contribution in [0.15, 0.2) is 0 Å². The normalized spacial score (nSPS) is 12.6. The van der Waals surface area contributed by atoms with Crippen molar-refractivity contribution in [1.82, 2.24) is 5.48 Å². The minimum Gasteiger partial charge on any atom is -0.480 e. The lowest BCUT2D eigenvalue weighted by molar-refractivity contribution is -0.144. The molecule has 0 aliphatic carbocycles. The molecule has 0 saturated carbocycles. The van der Waals surface area contributed by atoms with Crippen molar-refractivity contribution in [3.8, 4) is 0 Å². The number of aliphatic carboxylic acids is 1. The summed E-state index contributed by atoms with van der Waals surface area (Å²) < 4.78 is 0. The molecule has 0 unspecified atom stereocenters. The minimum atomic E-state index is -0.868. The summed E-state index contributed by atoms with van der Waals surface area (Å²) in [6, 6.07) is -0.617. The lowest BCUT2D eigenvalue weighted by atomic mass is 10.1. The monoisotopic (exact) mass is 232 g/mol. The summed E-state index contributed by atoms with van der Waals surface area (Å²) >= 11 is 0. The quantitative estimate of drug-likeness (QED) is 0.369. The molecule has 5 nitrogen and oxygen atoms in total. The predicted molar refractivity (Wildman–Crippen MR) is 62.9 cm³/mol. The van der Waals surface area contributed by atoms with Crippen LogP contribution in [-0.2, 0) is 9.63 Å². The first-order valence-corrected chi connectivity index (χ1v) is 6.02. The van der Waals surface area contributed by atoms with Gasteiger partial charge in [-0.05, 0) is 32.2 Å². The van der Waals surface area contributed by atoms with Crippen LogP contribution in [0.5, 0.6) is 0 Å². The Morgan fingerprint density at radius 1 is 1.38 bits per heavy atom. The van der Waals surface area contributed by atoms with Gasteiger partial charge in [0.05, 0.1) is 6.61 Å². The van der Waals surface area contributed by atoms with Crippen LogP contribution in [0.2, 0.25) is 0 Å². The number of unbranched alkanes of at least 4 members (excludes halogenated alkanes) is 3. The second kappa shape index (κ2) is 10.9. The molecule has 0 aromatic carbocycles. The van der Waals surface area contributed by atoms with E-state index in [1.165, 1.54) is 0 Å². The molecule has 0 rings (SSSR count). The van der Waals surface area contributed by atoms with Crippen molar-refractivity contribution in [2.45, 2.75) is 51.5 Å². The molecule has 0 aliphatic rings. The largest absolute Gasteiger partial charge is 0.480 e. The number of nitrogens with one attached hydrogen (secondary N) is 1. The zero-order valence-electron chi connectivity index (χ0n) is 10.1. The molecular formula is C11H24N2O3. The van der Waals surface area contributed by atoms with Crippen LogP contribution in [0.3, 0.4) is 0 Å². The van der Waals surface area contributed by atoms with Crippen molar-refractivity contribution in [2.24, 2.45) is 5.73 Å². The van der Waals surface area contributed by atoms with Crippen molar-refractivity contribution >= 4 is 5.97 Å². The van der Waals surface area contributed by atoms with E-state index in [1.807, 2.05) is 0 Å². The Morgan fingerprint density at radius 2 is 2.12 bits per heavy atom. The van der Waals surface area contributed by atoms with E-state index in [4.69, 9.17) is 15.7 Å². The van der Waals surface area contributed by atoms with E-state index < -0.39 is 12.0 Å². The summed E-state index contributed by atoms with van der Waals surface area (Å²) in [6.07, 6.45) is 5.40. The van der Waals surface area contributed by atoms with Gasteiger partial charge in [-0.1, -0.05) is 19.8 Å². The zero-order chi connectivity index (χ0) is 12.2. The van der Waals surface area contributed by atoms with Crippen LogP contribution < -0.4 is 11.2 Å². The third-order valence-electron chi connectivity index (χ3n) is 2.32. The SMILES string of the molecule is CCCCCON[C@@H](CCCCN)C(=O)O. The molecule has 0 fully saturated rings. The lowest BCUT2D eigenvalue weighted by Crippen LogP contribution is -2.37. The van der Waals surface area contributed by atoms with Crippen molar-refractivity contribution in [3.63, 3.8) is 0 Å². The van der Waals surface area contributed by atoms with E-state index in [0.29, 0.717) is 19.6 Å². The number of carboxylic acid groups (broad SMARTS) is 1. The highest BCUT2D eigenvalue weighted by atomic mass is 16.6. The third-order valence-corrected chi connectivity index (χ3v) is 2.32. The molecular weight excluding hydrogens is 208 g/mol. The maximum atomic E-state index is 10.8. The summed E-state index contributed by atoms with van der Waals surface area (Å²) in [5.74, 6) is -0.868. The highest BCUT2D eigenvalue weighted by Crippen LogP contribution is 2.01. The molecule has 0 aromatic heterocycles. The molecule has 0 radical (unpaired) electrons. The number of hydrogen-bond acceptors (Lipinski definition) is 4. The number of carboxylic acids is 1. The van der Waals surface area contributed by atoms with Gasteiger partial charge >= 0.3 is 5.97 Å². The molecule has 0 saturated heterocycles. The van der Waals surface area contributed by atoms with Gasteiger partial charge in [0.15, 0.2) is 0 Å². The number of rotatable bonds is 11. The fourth-order valence-electron chi connectivity index (χ4n) is 1.31. The maximum absolute atomic E-state index is 10.8. The molecule has 0 heterocycles. The van der Waals surface area contributed by atoms with Gasteiger partial charge < -0.3 is 15.7 Å². The highest BCUT2D eigenvalue weighted by Gasteiger charge is 2.16. The Bertz CT molecular complexity index is 177. The van der Waals surface area contributed by atoms with Gasteiger partial charge in [-0.15, -0.1) is 0 Å². The van der Waals surface area contributed by atoms with Gasteiger partial charge in [-0.25, -0.2) is 0 Å². The van der Waals surface area contributed by atoms with E-state index in [-0.39, 0.29) is 0 Å². The van der Waals surface area contributed by atoms with Crippen LogP contribution in [-0.4, -0.2) is 30.3 Å². The topological polar surface area (TPSA) is 84.6 Å². The van der Waals surface area contributed by atoms with E-state index in [2.05, 4.69) is 12.4 Å². The van der Waals surface area contributed by atoms with Crippen molar-refractivity contribution < 1.29 is 14.7 Å². The number of nitrogens with two attached hydrogens (primary N) is 1. The molecule has 0 spiro atoms. The van der Waals surface area contributed by atoms with E-state index in [9.17, 15) is 4.79 Å². The molecule has 1 atom stereocenters. The fraction of sp³-hybridized carbons (Fsp3) is 0.909. The van der Waals surface area contributed by atoms with Gasteiger partial charge in [0.2, 0.25) is 0 Å². The Hall–Kier alpha value is -0.650. The second-order valence-electron chi connectivity index (χ2n) is 3.85. The molecule has 0 bridgehead atoms. The average Bonchev–Trinajstić information content (AvgIpc) is 2.26. The highest BCUT2D eigenvalue weighted by molar-refractivity contribution is 5.73. The molecule has 16 heavy (non-hydrogen) atoms. The molecule has 4 N–H and O–H groups in total. The molecule has 0 aromatic rings. The first-order valence-electron chi connectivity index (χ1n) is 6.02. The molecule has 5 heteroatoms. The second-order valence-corrected chi connectivity index (χ2v) is 3.85. The van der Waals surface area contributed by atoms with Gasteiger partial charge in [0, 0.05) is 0 Å². The Kier molecular flexibility index (Phi) is 10.4. The number of hydrogen-bond donors (Lipinski definition) is 3. The molecule has 0 aliphatic heterocycles. The summed E-state index contributed by atoms with van der Waals surface area (Å²) in [5.41, 5.74) is 7.94. The number of hydroxylamine groups is 1. The number of carbonyl (C=O) groups is 1. The summed E-state index contributed by atoms with van der Waals surface area (Å²) in [5, 5.41) is 8.90. The van der Waals surface area contributed by atoms with Gasteiger partial charge in [0.25, 0.3) is 0 Å². The van der Waals surface area contributed by atoms with Gasteiger partial charge in [-0.3, -0.25) is 4.79 Å². The van der Waals surface area contributed by atoms with Crippen LogP contribution in [0.4, 0.5) is 0 Å². The summed E-state index contributed by atoms with van der Waals surface area (Å²) in [4.78, 5) is 16.0. The van der Waals surface area contributed by atoms with Crippen LogP contribution >= 0.6 is 0 Å². The van der Waals surface area contributed by atoms with Gasteiger partial charge in [0.1, 0.15) is 6.04 Å². The Labute approximate surface area is 97.3 Å². The van der Waals surface area contributed by atoms with Crippen LogP contribution in [0.25, 0.3) is 0 Å². The van der Waals surface area contributed by atoms with Gasteiger partial charge in [-0.2, -0.15) is 5.48 Å². The van der Waals surface area contributed by atoms with Crippen molar-refractivity contribution in [2.75, 3.05) is 13.2 Å². The molecule has 96 valence electrons. The first-order chi connectivity index (χ1) is 7.72. The first kappa shape index (κ1) is 15.3. The predicted octanol–water partition coefficient (Wildman–Crippen LogP) is 1.28. The average molecular weight is 232 g/mol.